The highest BCUT2D eigenvalue weighted by molar-refractivity contribution is 6.09. The van der Waals surface area contributed by atoms with Crippen LogP contribution in [0.25, 0.3) is 0 Å². The Morgan fingerprint density at radius 1 is 1.41 bits per heavy atom. The number of carbonyl (C=O) groups excluding carboxylic acids is 3. The zero-order valence-corrected chi connectivity index (χ0v) is 13.8. The zero-order chi connectivity index (χ0) is 17.1. The smallest absolute Gasteiger partial charge is 0.325 e. The number of hydrogen-bond acceptors (Lipinski definition) is 4. The zero-order valence-electron chi connectivity index (χ0n) is 13.8. The molecule has 0 aromatic rings. The number of imide groups is 1. The maximum absolute atomic E-state index is 12.4. The van der Waals surface area contributed by atoms with Crippen LogP contribution in [-0.2, 0) is 9.59 Å². The summed E-state index contributed by atoms with van der Waals surface area (Å²) in [6, 6.07) is 1.50. The van der Waals surface area contributed by atoms with E-state index in [2.05, 4.69) is 16.7 Å². The molecule has 0 aromatic heterocycles. The summed E-state index contributed by atoms with van der Waals surface area (Å²) >= 11 is 0. The standard InChI is InChI=1S/C15H24N4O3/c1-6-15(7-2)12(21)19(13(22)18-15)8-11(20)17-14(5,9-16)10(3)4/h10H,6-8H2,1-5H3,(H,17,20)(H,18,22). The van der Waals surface area contributed by atoms with E-state index >= 15 is 0 Å². The molecule has 0 aliphatic carbocycles. The van der Waals surface area contributed by atoms with Gasteiger partial charge in [-0.1, -0.05) is 27.7 Å². The lowest BCUT2D eigenvalue weighted by Crippen LogP contribution is -2.53. The molecule has 1 rings (SSSR count). The van der Waals surface area contributed by atoms with Crippen molar-refractivity contribution in [3.8, 4) is 6.07 Å². The van der Waals surface area contributed by atoms with E-state index in [9.17, 15) is 19.6 Å². The molecule has 0 spiro atoms. The third-order valence-corrected chi connectivity index (χ3v) is 4.54. The number of nitrogens with zero attached hydrogens (tertiary/aromatic N) is 2. The van der Waals surface area contributed by atoms with Gasteiger partial charge in [0.2, 0.25) is 5.91 Å². The lowest BCUT2D eigenvalue weighted by Gasteiger charge is -2.28. The predicted molar refractivity (Wildman–Crippen MR) is 80.6 cm³/mol. The fourth-order valence-electron chi connectivity index (χ4n) is 2.32. The molecule has 1 atom stereocenters. The molecule has 122 valence electrons. The average molecular weight is 308 g/mol. The first-order valence-electron chi connectivity index (χ1n) is 7.52. The highest BCUT2D eigenvalue weighted by Crippen LogP contribution is 2.24. The lowest BCUT2D eigenvalue weighted by molar-refractivity contribution is -0.135. The third kappa shape index (κ3) is 3.06. The van der Waals surface area contributed by atoms with E-state index in [1.54, 1.807) is 6.92 Å². The predicted octanol–water partition coefficient (Wildman–Crippen LogP) is 1.15. The second kappa shape index (κ2) is 6.34. The van der Waals surface area contributed by atoms with Crippen LogP contribution in [0, 0.1) is 17.2 Å². The largest absolute Gasteiger partial charge is 0.336 e. The van der Waals surface area contributed by atoms with Crippen LogP contribution in [0.2, 0.25) is 0 Å². The second-order valence-corrected chi connectivity index (χ2v) is 6.13. The van der Waals surface area contributed by atoms with Crippen LogP contribution in [0.5, 0.6) is 0 Å². The first-order valence-corrected chi connectivity index (χ1v) is 7.52. The molecule has 7 heteroatoms. The quantitative estimate of drug-likeness (QED) is 0.718. The van der Waals surface area contributed by atoms with Gasteiger partial charge in [0.1, 0.15) is 17.6 Å². The Balaban J connectivity index is 2.84. The maximum Gasteiger partial charge on any atom is 0.325 e. The molecule has 0 saturated carbocycles. The Labute approximate surface area is 131 Å². The van der Waals surface area contributed by atoms with Gasteiger partial charge in [-0.2, -0.15) is 5.26 Å². The second-order valence-electron chi connectivity index (χ2n) is 6.13. The van der Waals surface area contributed by atoms with Gasteiger partial charge in [0.25, 0.3) is 5.91 Å². The number of hydrogen-bond donors (Lipinski definition) is 2. The van der Waals surface area contributed by atoms with E-state index in [1.807, 2.05) is 27.7 Å². The van der Waals surface area contributed by atoms with Gasteiger partial charge in [-0.25, -0.2) is 4.79 Å². The Morgan fingerprint density at radius 3 is 2.32 bits per heavy atom. The van der Waals surface area contributed by atoms with Crippen molar-refractivity contribution >= 4 is 17.8 Å². The molecule has 1 saturated heterocycles. The normalized spacial score (nSPS) is 19.6. The molecular weight excluding hydrogens is 284 g/mol. The van der Waals surface area contributed by atoms with Gasteiger partial charge in [0, 0.05) is 0 Å². The third-order valence-electron chi connectivity index (χ3n) is 4.54. The Kier molecular flexibility index (Phi) is 5.17. The monoisotopic (exact) mass is 308 g/mol. The van der Waals surface area contributed by atoms with Crippen LogP contribution >= 0.6 is 0 Å². The Bertz CT molecular complexity index is 519. The van der Waals surface area contributed by atoms with E-state index < -0.39 is 23.0 Å². The molecule has 1 aliphatic rings. The number of amides is 4. The average Bonchev–Trinajstić information content (AvgIpc) is 2.71. The summed E-state index contributed by atoms with van der Waals surface area (Å²) in [4.78, 5) is 37.4. The fraction of sp³-hybridized carbons (Fsp3) is 0.733. The van der Waals surface area contributed by atoms with Crippen molar-refractivity contribution in [3.05, 3.63) is 0 Å². The van der Waals surface area contributed by atoms with Crippen LogP contribution in [0.4, 0.5) is 4.79 Å². The van der Waals surface area contributed by atoms with Gasteiger partial charge < -0.3 is 10.6 Å². The van der Waals surface area contributed by atoms with E-state index in [1.165, 1.54) is 0 Å². The van der Waals surface area contributed by atoms with Crippen molar-refractivity contribution in [3.63, 3.8) is 0 Å². The lowest BCUT2D eigenvalue weighted by atomic mass is 9.90. The van der Waals surface area contributed by atoms with E-state index in [-0.39, 0.29) is 18.4 Å². The molecule has 1 aliphatic heterocycles. The van der Waals surface area contributed by atoms with E-state index in [0.717, 1.165) is 4.90 Å². The van der Waals surface area contributed by atoms with Gasteiger partial charge >= 0.3 is 6.03 Å². The van der Waals surface area contributed by atoms with Crippen LogP contribution < -0.4 is 10.6 Å². The SMILES string of the molecule is CCC1(CC)NC(=O)N(CC(=O)NC(C)(C#N)C(C)C)C1=O. The van der Waals surface area contributed by atoms with Gasteiger partial charge in [-0.05, 0) is 25.7 Å². The first kappa shape index (κ1) is 18.0. The molecule has 0 radical (unpaired) electrons. The number of carbonyl (C=O) groups is 3. The molecule has 7 nitrogen and oxygen atoms in total. The number of nitrogens with one attached hydrogen (secondary N) is 2. The summed E-state index contributed by atoms with van der Waals surface area (Å²) in [5.41, 5.74) is -1.96. The number of rotatable bonds is 6. The molecule has 0 aromatic carbocycles. The maximum atomic E-state index is 12.4. The van der Waals surface area contributed by atoms with Crippen molar-refractivity contribution in [1.29, 1.82) is 5.26 Å². The molecule has 1 unspecified atom stereocenters. The van der Waals surface area contributed by atoms with Crippen LogP contribution in [0.15, 0.2) is 0 Å². The highest BCUT2D eigenvalue weighted by Gasteiger charge is 2.49. The van der Waals surface area contributed by atoms with Crippen molar-refractivity contribution in [2.24, 2.45) is 5.92 Å². The molecule has 2 N–H and O–H groups in total. The van der Waals surface area contributed by atoms with Crippen molar-refractivity contribution < 1.29 is 14.4 Å². The molecule has 22 heavy (non-hydrogen) atoms. The van der Waals surface area contributed by atoms with Gasteiger partial charge in [0.15, 0.2) is 0 Å². The van der Waals surface area contributed by atoms with Crippen LogP contribution in [0.1, 0.15) is 47.5 Å². The Morgan fingerprint density at radius 2 is 1.95 bits per heavy atom. The van der Waals surface area contributed by atoms with Crippen molar-refractivity contribution in [2.45, 2.75) is 58.5 Å². The van der Waals surface area contributed by atoms with Crippen LogP contribution in [-0.4, -0.2) is 40.4 Å². The summed E-state index contributed by atoms with van der Waals surface area (Å²) < 4.78 is 0. The summed E-state index contributed by atoms with van der Waals surface area (Å²) in [6.07, 6.45) is 0.933. The van der Waals surface area contributed by atoms with Crippen LogP contribution in [0.3, 0.4) is 0 Å². The van der Waals surface area contributed by atoms with Gasteiger partial charge in [0.05, 0.1) is 6.07 Å². The minimum atomic E-state index is -1.04. The number of urea groups is 1. The molecule has 1 heterocycles. The van der Waals surface area contributed by atoms with E-state index in [4.69, 9.17) is 0 Å². The van der Waals surface area contributed by atoms with Gasteiger partial charge in [-0.15, -0.1) is 0 Å². The molecule has 0 bridgehead atoms. The fourth-order valence-corrected chi connectivity index (χ4v) is 2.32. The summed E-state index contributed by atoms with van der Waals surface area (Å²) in [7, 11) is 0. The molecule has 4 amide bonds. The highest BCUT2D eigenvalue weighted by atomic mass is 16.2. The first-order chi connectivity index (χ1) is 10.2. The van der Waals surface area contributed by atoms with Crippen molar-refractivity contribution in [1.82, 2.24) is 15.5 Å². The minimum absolute atomic E-state index is 0.102. The topological polar surface area (TPSA) is 102 Å². The van der Waals surface area contributed by atoms with E-state index in [0.29, 0.717) is 12.8 Å². The summed E-state index contributed by atoms with van der Waals surface area (Å²) in [5, 5.41) is 14.5. The Hall–Kier alpha value is -2.10. The molecular formula is C15H24N4O3. The van der Waals surface area contributed by atoms with Crippen molar-refractivity contribution in [2.75, 3.05) is 6.54 Å². The summed E-state index contributed by atoms with van der Waals surface area (Å²) in [6.45, 7) is 8.50. The number of nitriles is 1. The molecule has 1 fully saturated rings. The van der Waals surface area contributed by atoms with Gasteiger partial charge in [-0.3, -0.25) is 14.5 Å². The summed E-state index contributed by atoms with van der Waals surface area (Å²) in [5.74, 6) is -1.01. The minimum Gasteiger partial charge on any atom is -0.336 e.